The van der Waals surface area contributed by atoms with E-state index in [1.54, 1.807) is 0 Å². The van der Waals surface area contributed by atoms with Crippen molar-refractivity contribution < 1.29 is 4.42 Å². The lowest BCUT2D eigenvalue weighted by Gasteiger charge is -2.26. The maximum atomic E-state index is 6.67. The summed E-state index contributed by atoms with van der Waals surface area (Å²) in [7, 11) is 0. The second-order valence-electron chi connectivity index (χ2n) is 14.9. The molecule has 0 N–H and O–H groups in total. The van der Waals surface area contributed by atoms with Crippen LogP contribution in [0.15, 0.2) is 211 Å². The Morgan fingerprint density at radius 3 is 1.72 bits per heavy atom. The largest absolute Gasteiger partial charge is 0.456 e. The fourth-order valence-electron chi connectivity index (χ4n) is 8.85. The fraction of sp³-hybridized carbons (Fsp3) is 0. The number of hydrogen-bond donors (Lipinski definition) is 0. The van der Waals surface area contributed by atoms with Gasteiger partial charge in [-0.2, -0.15) is 0 Å². The van der Waals surface area contributed by atoms with Crippen LogP contribution in [0.2, 0.25) is 0 Å². The predicted molar refractivity (Wildman–Crippen MR) is 247 cm³/mol. The Hall–Kier alpha value is -7.40. The summed E-state index contributed by atoms with van der Waals surface area (Å²) >= 11 is 1.84. The molecule has 0 amide bonds. The Kier molecular flexibility index (Phi) is 7.40. The summed E-state index contributed by atoms with van der Waals surface area (Å²) in [6.45, 7) is 0. The molecule has 0 radical (unpaired) electrons. The molecule has 3 aromatic heterocycles. The summed E-state index contributed by atoms with van der Waals surface area (Å²) in [6, 6.07) is 74.4. The van der Waals surface area contributed by atoms with Crippen molar-refractivity contribution in [1.82, 2.24) is 4.57 Å². The SMILES string of the molecule is c1ccc(-c2cccc(-c3ccc(N(c4ccc5c(c4)oc4ccc(-n6c7ccccc7c7ccccc76)cc45)c4ccc5sc6ccccc6c5c4)cc3)c2)cc1. The van der Waals surface area contributed by atoms with Crippen LogP contribution in [-0.4, -0.2) is 4.57 Å². The number of benzene rings is 9. The molecule has 0 fully saturated rings. The summed E-state index contributed by atoms with van der Waals surface area (Å²) < 4.78 is 11.6. The first kappa shape index (κ1) is 32.8. The van der Waals surface area contributed by atoms with Gasteiger partial charge in [0.15, 0.2) is 0 Å². The molecule has 12 rings (SSSR count). The van der Waals surface area contributed by atoms with Crippen LogP contribution in [0.3, 0.4) is 0 Å². The van der Waals surface area contributed by atoms with E-state index in [-0.39, 0.29) is 0 Å². The third-order valence-electron chi connectivity index (χ3n) is 11.6. The highest BCUT2D eigenvalue weighted by atomic mass is 32.1. The summed E-state index contributed by atoms with van der Waals surface area (Å²) in [4.78, 5) is 2.35. The van der Waals surface area contributed by atoms with E-state index in [9.17, 15) is 0 Å². The van der Waals surface area contributed by atoms with Crippen molar-refractivity contribution in [2.45, 2.75) is 0 Å². The monoisotopic (exact) mass is 758 g/mol. The Morgan fingerprint density at radius 2 is 0.948 bits per heavy atom. The van der Waals surface area contributed by atoms with Crippen LogP contribution in [0.5, 0.6) is 0 Å². The minimum absolute atomic E-state index is 0.855. The molecule has 272 valence electrons. The van der Waals surface area contributed by atoms with Crippen molar-refractivity contribution in [3.63, 3.8) is 0 Å². The Balaban J connectivity index is 0.988. The van der Waals surface area contributed by atoms with Crippen LogP contribution >= 0.6 is 11.3 Å². The number of fused-ring (bicyclic) bond motifs is 9. The third kappa shape index (κ3) is 5.27. The van der Waals surface area contributed by atoms with E-state index < -0.39 is 0 Å². The molecule has 9 aromatic carbocycles. The minimum atomic E-state index is 0.855. The van der Waals surface area contributed by atoms with E-state index in [1.165, 1.54) is 64.2 Å². The molecule has 12 aromatic rings. The van der Waals surface area contributed by atoms with Gasteiger partial charge in [0.05, 0.1) is 11.0 Å². The van der Waals surface area contributed by atoms with Crippen molar-refractivity contribution in [1.29, 1.82) is 0 Å². The van der Waals surface area contributed by atoms with E-state index in [2.05, 4.69) is 216 Å². The molecule has 0 bridgehead atoms. The van der Waals surface area contributed by atoms with Crippen LogP contribution in [0, 0.1) is 0 Å². The first-order valence-corrected chi connectivity index (χ1v) is 20.5. The third-order valence-corrected chi connectivity index (χ3v) is 12.7. The number of para-hydroxylation sites is 2. The molecule has 0 aliphatic carbocycles. The zero-order chi connectivity index (χ0) is 38.2. The molecule has 0 atom stereocenters. The van der Waals surface area contributed by atoms with Gasteiger partial charge in [0.25, 0.3) is 0 Å². The highest BCUT2D eigenvalue weighted by Gasteiger charge is 2.19. The molecule has 3 nitrogen and oxygen atoms in total. The number of aromatic nitrogens is 1. The van der Waals surface area contributed by atoms with Crippen LogP contribution in [0.25, 0.3) is 91.9 Å². The normalized spacial score (nSPS) is 11.8. The standard InChI is InChI=1S/C54H34N2OS/c1-2-11-35(12-3-1)37-13-10-14-38(31-37)36-21-23-39(24-22-36)55(40-27-30-54-48(33-40)46-17-6-9-20-53(46)58-54)42-25-28-45-47-32-41(26-29-51(47)57-52(45)34-42)56-49-18-7-4-15-43(49)44-16-5-8-19-50(44)56/h1-34H. The number of furan rings is 1. The minimum Gasteiger partial charge on any atom is -0.456 e. The molecule has 4 heteroatoms. The molecule has 0 saturated carbocycles. The van der Waals surface area contributed by atoms with Crippen molar-refractivity contribution in [3.8, 4) is 27.9 Å². The number of thiophene rings is 1. The van der Waals surface area contributed by atoms with E-state index in [0.717, 1.165) is 44.7 Å². The van der Waals surface area contributed by atoms with E-state index >= 15 is 0 Å². The van der Waals surface area contributed by atoms with Gasteiger partial charge < -0.3 is 13.9 Å². The molecular formula is C54H34N2OS. The quantitative estimate of drug-likeness (QED) is 0.168. The fourth-order valence-corrected chi connectivity index (χ4v) is 9.93. The number of rotatable bonds is 6. The summed E-state index contributed by atoms with van der Waals surface area (Å²) in [5.41, 5.74) is 13.2. The smallest absolute Gasteiger partial charge is 0.137 e. The topological polar surface area (TPSA) is 21.3 Å². The Labute approximate surface area is 338 Å². The molecular weight excluding hydrogens is 725 g/mol. The zero-order valence-electron chi connectivity index (χ0n) is 31.3. The summed E-state index contributed by atoms with van der Waals surface area (Å²) in [5.74, 6) is 0. The molecule has 0 aliphatic rings. The first-order valence-electron chi connectivity index (χ1n) is 19.7. The average molecular weight is 759 g/mol. The van der Waals surface area contributed by atoms with Gasteiger partial charge in [-0.15, -0.1) is 11.3 Å². The van der Waals surface area contributed by atoms with Gasteiger partial charge in [0.2, 0.25) is 0 Å². The van der Waals surface area contributed by atoms with Crippen LogP contribution < -0.4 is 4.90 Å². The molecule has 0 aliphatic heterocycles. The van der Waals surface area contributed by atoms with Gasteiger partial charge in [-0.3, -0.25) is 0 Å². The lowest BCUT2D eigenvalue weighted by molar-refractivity contribution is 0.669. The molecule has 3 heterocycles. The second-order valence-corrected chi connectivity index (χ2v) is 16.0. The van der Waals surface area contributed by atoms with Gasteiger partial charge in [-0.05, 0) is 107 Å². The summed E-state index contributed by atoms with van der Waals surface area (Å²) in [6.07, 6.45) is 0. The van der Waals surface area contributed by atoms with E-state index in [4.69, 9.17) is 4.42 Å². The van der Waals surface area contributed by atoms with E-state index in [0.29, 0.717) is 0 Å². The van der Waals surface area contributed by atoms with Gasteiger partial charge in [0.1, 0.15) is 11.2 Å². The summed E-state index contributed by atoms with van der Waals surface area (Å²) in [5, 5.41) is 7.24. The van der Waals surface area contributed by atoms with Gasteiger partial charge >= 0.3 is 0 Å². The van der Waals surface area contributed by atoms with Crippen molar-refractivity contribution in [3.05, 3.63) is 206 Å². The Bertz CT molecular complexity index is 3460. The van der Waals surface area contributed by atoms with Crippen molar-refractivity contribution in [2.24, 2.45) is 0 Å². The van der Waals surface area contributed by atoms with Crippen LogP contribution in [0.4, 0.5) is 17.1 Å². The number of hydrogen-bond acceptors (Lipinski definition) is 3. The molecule has 0 unspecified atom stereocenters. The molecule has 58 heavy (non-hydrogen) atoms. The average Bonchev–Trinajstić information content (AvgIpc) is 3.96. The predicted octanol–water partition coefficient (Wildman–Crippen LogP) is 15.9. The van der Waals surface area contributed by atoms with Crippen LogP contribution in [-0.2, 0) is 0 Å². The second kappa shape index (κ2) is 13.1. The van der Waals surface area contributed by atoms with Gasteiger partial charge in [-0.25, -0.2) is 0 Å². The van der Waals surface area contributed by atoms with Crippen LogP contribution in [0.1, 0.15) is 0 Å². The highest BCUT2D eigenvalue weighted by Crippen LogP contribution is 2.43. The zero-order valence-corrected chi connectivity index (χ0v) is 32.2. The van der Waals surface area contributed by atoms with E-state index in [1.807, 2.05) is 11.3 Å². The van der Waals surface area contributed by atoms with Crippen molar-refractivity contribution >= 4 is 92.3 Å². The Morgan fingerprint density at radius 1 is 0.345 bits per heavy atom. The molecule has 0 saturated heterocycles. The lowest BCUT2D eigenvalue weighted by atomic mass is 9.99. The molecule has 0 spiro atoms. The number of anilines is 3. The van der Waals surface area contributed by atoms with Gasteiger partial charge in [-0.1, -0.05) is 115 Å². The maximum Gasteiger partial charge on any atom is 0.137 e. The number of nitrogens with zero attached hydrogens (tertiary/aromatic N) is 2. The van der Waals surface area contributed by atoms with Gasteiger partial charge in [0, 0.05) is 70.5 Å². The first-order chi connectivity index (χ1) is 28.7. The highest BCUT2D eigenvalue weighted by molar-refractivity contribution is 7.25. The lowest BCUT2D eigenvalue weighted by Crippen LogP contribution is -2.09. The van der Waals surface area contributed by atoms with Crippen molar-refractivity contribution in [2.75, 3.05) is 4.90 Å². The maximum absolute atomic E-state index is 6.67.